The van der Waals surface area contributed by atoms with Crippen molar-refractivity contribution in [2.24, 2.45) is 0 Å². The van der Waals surface area contributed by atoms with Crippen LogP contribution >= 0.6 is 0 Å². The van der Waals surface area contributed by atoms with Gasteiger partial charge in [-0.3, -0.25) is 0 Å². The first-order valence-corrected chi connectivity index (χ1v) is 7.82. The van der Waals surface area contributed by atoms with Gasteiger partial charge < -0.3 is 10.1 Å². The SMILES string of the molecule is CCCC[NH2+]CCCOc1ccc([C@@H](C)CC)cc1. The van der Waals surface area contributed by atoms with Gasteiger partial charge in [0.25, 0.3) is 0 Å². The molecule has 0 aromatic heterocycles. The van der Waals surface area contributed by atoms with Crippen molar-refractivity contribution in [3.63, 3.8) is 0 Å². The molecule has 1 atom stereocenters. The highest BCUT2D eigenvalue weighted by atomic mass is 16.5. The third-order valence-corrected chi connectivity index (χ3v) is 3.64. The Bertz CT molecular complexity index is 321. The summed E-state index contributed by atoms with van der Waals surface area (Å²) in [6.45, 7) is 9.97. The van der Waals surface area contributed by atoms with E-state index in [-0.39, 0.29) is 0 Å². The molecule has 0 heterocycles. The highest BCUT2D eigenvalue weighted by molar-refractivity contribution is 5.29. The van der Waals surface area contributed by atoms with E-state index in [1.54, 1.807) is 0 Å². The number of hydrogen-bond acceptors (Lipinski definition) is 1. The molecule has 0 radical (unpaired) electrons. The Morgan fingerprint density at radius 3 is 2.37 bits per heavy atom. The minimum atomic E-state index is 0.641. The van der Waals surface area contributed by atoms with E-state index in [0.29, 0.717) is 5.92 Å². The molecule has 0 aliphatic heterocycles. The van der Waals surface area contributed by atoms with Crippen molar-refractivity contribution >= 4 is 0 Å². The van der Waals surface area contributed by atoms with Gasteiger partial charge in [0.1, 0.15) is 5.75 Å². The minimum absolute atomic E-state index is 0.641. The fourth-order valence-corrected chi connectivity index (χ4v) is 2.04. The second-order valence-corrected chi connectivity index (χ2v) is 5.30. The number of ether oxygens (including phenoxy) is 1. The maximum Gasteiger partial charge on any atom is 0.119 e. The van der Waals surface area contributed by atoms with Gasteiger partial charge in [0, 0.05) is 6.42 Å². The Kier molecular flexibility index (Phi) is 8.31. The summed E-state index contributed by atoms with van der Waals surface area (Å²) in [7, 11) is 0. The molecule has 2 N–H and O–H groups in total. The van der Waals surface area contributed by atoms with Gasteiger partial charge in [-0.1, -0.05) is 39.3 Å². The van der Waals surface area contributed by atoms with Gasteiger partial charge in [-0.2, -0.15) is 0 Å². The number of benzene rings is 1. The zero-order valence-electron chi connectivity index (χ0n) is 12.8. The fraction of sp³-hybridized carbons (Fsp3) is 0.647. The van der Waals surface area contributed by atoms with Crippen molar-refractivity contribution in [1.82, 2.24) is 0 Å². The molecule has 0 fully saturated rings. The first-order chi connectivity index (χ1) is 9.27. The molecule has 0 spiro atoms. The third kappa shape index (κ3) is 6.63. The summed E-state index contributed by atoms with van der Waals surface area (Å²) in [6, 6.07) is 8.58. The maximum atomic E-state index is 5.76. The summed E-state index contributed by atoms with van der Waals surface area (Å²) < 4.78 is 5.76. The first-order valence-electron chi connectivity index (χ1n) is 7.82. The highest BCUT2D eigenvalue weighted by Crippen LogP contribution is 2.21. The van der Waals surface area contributed by atoms with E-state index in [1.807, 2.05) is 0 Å². The van der Waals surface area contributed by atoms with Crippen molar-refractivity contribution in [2.75, 3.05) is 19.7 Å². The van der Waals surface area contributed by atoms with Gasteiger partial charge in [-0.15, -0.1) is 0 Å². The number of nitrogens with two attached hydrogens (primary N) is 1. The maximum absolute atomic E-state index is 5.76. The van der Waals surface area contributed by atoms with Crippen LogP contribution in [0.4, 0.5) is 0 Å². The summed E-state index contributed by atoms with van der Waals surface area (Å²) in [5.41, 5.74) is 1.41. The average molecular weight is 264 g/mol. The summed E-state index contributed by atoms with van der Waals surface area (Å²) in [6.07, 6.45) is 4.91. The zero-order chi connectivity index (χ0) is 13.9. The molecule has 1 aromatic rings. The van der Waals surface area contributed by atoms with Crippen molar-refractivity contribution in [3.05, 3.63) is 29.8 Å². The van der Waals surface area contributed by atoms with Crippen LogP contribution in [0.1, 0.15) is 57.9 Å². The van der Waals surface area contributed by atoms with Gasteiger partial charge in [-0.25, -0.2) is 0 Å². The lowest BCUT2D eigenvalue weighted by Gasteiger charge is -2.10. The quantitative estimate of drug-likeness (QED) is 0.644. The van der Waals surface area contributed by atoms with Crippen LogP contribution in [0.5, 0.6) is 5.75 Å². The van der Waals surface area contributed by atoms with Crippen LogP contribution in [0.2, 0.25) is 0 Å². The van der Waals surface area contributed by atoms with Crippen LogP contribution in [0.15, 0.2) is 24.3 Å². The summed E-state index contributed by atoms with van der Waals surface area (Å²) in [5.74, 6) is 1.64. The van der Waals surface area contributed by atoms with E-state index in [4.69, 9.17) is 4.74 Å². The summed E-state index contributed by atoms with van der Waals surface area (Å²) in [4.78, 5) is 0. The molecule has 0 saturated heterocycles. The van der Waals surface area contributed by atoms with Gasteiger partial charge >= 0.3 is 0 Å². The topological polar surface area (TPSA) is 25.8 Å². The number of rotatable bonds is 10. The normalized spacial score (nSPS) is 12.4. The number of hydrogen-bond donors (Lipinski definition) is 1. The molecule has 1 rings (SSSR count). The van der Waals surface area contributed by atoms with E-state index < -0.39 is 0 Å². The van der Waals surface area contributed by atoms with Gasteiger partial charge in [-0.05, 0) is 36.5 Å². The standard InChI is InChI=1S/C17H29NO/c1-4-6-12-18-13-7-14-19-17-10-8-16(9-11-17)15(3)5-2/h8-11,15,18H,4-7,12-14H2,1-3H3/p+1/t15-/m0/s1. The van der Waals surface area contributed by atoms with E-state index in [2.05, 4.69) is 50.4 Å². The van der Waals surface area contributed by atoms with Crippen molar-refractivity contribution in [3.8, 4) is 5.75 Å². The molecule has 2 heteroatoms. The van der Waals surface area contributed by atoms with E-state index in [9.17, 15) is 0 Å². The Labute approximate surface area is 118 Å². The molecule has 0 bridgehead atoms. The first kappa shape index (κ1) is 16.0. The highest BCUT2D eigenvalue weighted by Gasteiger charge is 2.02. The second-order valence-electron chi connectivity index (χ2n) is 5.30. The molecule has 19 heavy (non-hydrogen) atoms. The van der Waals surface area contributed by atoms with Crippen LogP contribution < -0.4 is 10.1 Å². The van der Waals surface area contributed by atoms with Crippen LogP contribution in [0, 0.1) is 0 Å². The Balaban J connectivity index is 2.16. The molecule has 0 aliphatic carbocycles. The van der Waals surface area contributed by atoms with Crippen LogP contribution in [0.3, 0.4) is 0 Å². The van der Waals surface area contributed by atoms with E-state index in [1.165, 1.54) is 37.9 Å². The molecule has 108 valence electrons. The molecular weight excluding hydrogens is 234 g/mol. The van der Waals surface area contributed by atoms with E-state index in [0.717, 1.165) is 18.8 Å². The van der Waals surface area contributed by atoms with Crippen molar-refractivity contribution in [2.45, 2.75) is 52.4 Å². The lowest BCUT2D eigenvalue weighted by atomic mass is 9.99. The van der Waals surface area contributed by atoms with Crippen LogP contribution in [-0.4, -0.2) is 19.7 Å². The van der Waals surface area contributed by atoms with Gasteiger partial charge in [0.2, 0.25) is 0 Å². The molecule has 0 aliphatic rings. The largest absolute Gasteiger partial charge is 0.493 e. The van der Waals surface area contributed by atoms with Crippen molar-refractivity contribution < 1.29 is 10.1 Å². The monoisotopic (exact) mass is 264 g/mol. The molecular formula is C17H30NO+. The molecule has 0 unspecified atom stereocenters. The Hall–Kier alpha value is -1.02. The molecule has 2 nitrogen and oxygen atoms in total. The second kappa shape index (κ2) is 9.85. The van der Waals surface area contributed by atoms with Gasteiger partial charge in [0.15, 0.2) is 0 Å². The Morgan fingerprint density at radius 1 is 1.05 bits per heavy atom. The lowest BCUT2D eigenvalue weighted by molar-refractivity contribution is -0.655. The molecule has 0 saturated carbocycles. The molecule has 1 aromatic carbocycles. The molecule has 0 amide bonds. The zero-order valence-corrected chi connectivity index (χ0v) is 12.8. The minimum Gasteiger partial charge on any atom is -0.493 e. The summed E-state index contributed by atoms with van der Waals surface area (Å²) in [5, 5.41) is 2.39. The van der Waals surface area contributed by atoms with Crippen LogP contribution in [0.25, 0.3) is 0 Å². The van der Waals surface area contributed by atoms with Crippen molar-refractivity contribution in [1.29, 1.82) is 0 Å². The number of unbranched alkanes of at least 4 members (excludes halogenated alkanes) is 1. The Morgan fingerprint density at radius 2 is 1.74 bits per heavy atom. The van der Waals surface area contributed by atoms with Crippen LogP contribution in [-0.2, 0) is 0 Å². The predicted octanol–water partition coefficient (Wildman–Crippen LogP) is 3.33. The predicted molar refractivity (Wildman–Crippen MR) is 81.8 cm³/mol. The number of quaternary nitrogens is 1. The lowest BCUT2D eigenvalue weighted by Crippen LogP contribution is -2.84. The van der Waals surface area contributed by atoms with Gasteiger partial charge in [0.05, 0.1) is 19.7 Å². The van der Waals surface area contributed by atoms with E-state index >= 15 is 0 Å². The summed E-state index contributed by atoms with van der Waals surface area (Å²) >= 11 is 0. The third-order valence-electron chi connectivity index (χ3n) is 3.64. The smallest absolute Gasteiger partial charge is 0.119 e. The fourth-order valence-electron chi connectivity index (χ4n) is 2.04. The average Bonchev–Trinajstić information content (AvgIpc) is 2.46.